The number of methoxy groups -OCH3 is 1. The monoisotopic (exact) mass is 299 g/mol. The molecule has 20 heavy (non-hydrogen) atoms. The molecule has 1 fully saturated rings. The van der Waals surface area contributed by atoms with Crippen molar-refractivity contribution >= 4 is 28.3 Å². The maximum Gasteiger partial charge on any atom is 0.323 e. The minimum Gasteiger partial charge on any atom is -0.468 e. The molecular formula is C12H17N3O4S. The highest BCUT2D eigenvalue weighted by Gasteiger charge is 2.37. The van der Waals surface area contributed by atoms with Crippen molar-refractivity contribution in [2.75, 3.05) is 25.5 Å². The fraction of sp³-hybridized carbons (Fsp3) is 0.583. The zero-order chi connectivity index (χ0) is 14.7. The van der Waals surface area contributed by atoms with Gasteiger partial charge in [-0.3, -0.25) is 14.5 Å². The number of hydrogen-bond acceptors (Lipinski definition) is 7. The number of likely N-dealkylation sites (tertiary alicyclic amines) is 1. The second kappa shape index (κ2) is 6.29. The SMILES string of the molecule is COC(=O)C1CC(O)CN1CC(=O)Nc1nc(C)cs1. The number of aryl methyl sites for hydroxylation is 1. The molecule has 2 N–H and O–H groups in total. The Kier molecular flexibility index (Phi) is 4.69. The van der Waals surface area contributed by atoms with E-state index in [1.54, 1.807) is 4.90 Å². The van der Waals surface area contributed by atoms with Gasteiger partial charge in [0.2, 0.25) is 5.91 Å². The number of rotatable bonds is 4. The molecule has 2 heterocycles. The number of amides is 1. The Bertz CT molecular complexity index is 505. The van der Waals surface area contributed by atoms with E-state index < -0.39 is 18.1 Å². The summed E-state index contributed by atoms with van der Waals surface area (Å²) in [6, 6.07) is -0.571. The number of carbonyl (C=O) groups excluding carboxylic acids is 2. The van der Waals surface area contributed by atoms with E-state index in [4.69, 9.17) is 0 Å². The van der Waals surface area contributed by atoms with Gasteiger partial charge in [-0.05, 0) is 6.92 Å². The number of β-amino-alcohol motifs (C(OH)–C–C–N with tert-alkyl or cyclic N) is 1. The van der Waals surface area contributed by atoms with E-state index >= 15 is 0 Å². The molecule has 7 nitrogen and oxygen atoms in total. The molecule has 1 aromatic heterocycles. The van der Waals surface area contributed by atoms with Gasteiger partial charge in [-0.2, -0.15) is 0 Å². The molecule has 2 rings (SSSR count). The van der Waals surface area contributed by atoms with Gasteiger partial charge < -0.3 is 15.2 Å². The molecule has 0 aromatic carbocycles. The molecular weight excluding hydrogens is 282 g/mol. The van der Waals surface area contributed by atoms with Crippen molar-refractivity contribution in [1.82, 2.24) is 9.88 Å². The third-order valence-electron chi connectivity index (χ3n) is 3.07. The van der Waals surface area contributed by atoms with Crippen LogP contribution in [0.1, 0.15) is 12.1 Å². The molecule has 0 saturated carbocycles. The molecule has 8 heteroatoms. The molecule has 1 aliphatic rings. The smallest absolute Gasteiger partial charge is 0.323 e. The largest absolute Gasteiger partial charge is 0.468 e. The average molecular weight is 299 g/mol. The van der Waals surface area contributed by atoms with Crippen molar-refractivity contribution in [1.29, 1.82) is 0 Å². The predicted molar refractivity (Wildman–Crippen MR) is 73.5 cm³/mol. The molecule has 2 unspecified atom stereocenters. The average Bonchev–Trinajstić information content (AvgIpc) is 2.94. The second-order valence-electron chi connectivity index (χ2n) is 4.70. The molecule has 0 spiro atoms. The fourth-order valence-corrected chi connectivity index (χ4v) is 2.89. The van der Waals surface area contributed by atoms with Gasteiger partial charge in [-0.1, -0.05) is 0 Å². The molecule has 0 bridgehead atoms. The Morgan fingerprint density at radius 1 is 1.65 bits per heavy atom. The van der Waals surface area contributed by atoms with Crippen LogP contribution in [0.25, 0.3) is 0 Å². The second-order valence-corrected chi connectivity index (χ2v) is 5.56. The van der Waals surface area contributed by atoms with E-state index in [-0.39, 0.29) is 25.4 Å². The zero-order valence-electron chi connectivity index (χ0n) is 11.3. The minimum absolute atomic E-state index is 0.0233. The highest BCUT2D eigenvalue weighted by Crippen LogP contribution is 2.19. The van der Waals surface area contributed by atoms with Crippen molar-refractivity contribution in [3.63, 3.8) is 0 Å². The Balaban J connectivity index is 1.94. The normalized spacial score (nSPS) is 22.8. The van der Waals surface area contributed by atoms with Gasteiger partial charge in [0.1, 0.15) is 6.04 Å². The van der Waals surface area contributed by atoms with Crippen LogP contribution in [0, 0.1) is 6.92 Å². The summed E-state index contributed by atoms with van der Waals surface area (Å²) in [7, 11) is 1.30. The van der Waals surface area contributed by atoms with E-state index in [0.29, 0.717) is 5.13 Å². The Labute approximate surface area is 120 Å². The van der Waals surface area contributed by atoms with Gasteiger partial charge in [0, 0.05) is 18.3 Å². The number of aliphatic hydroxyl groups is 1. The first-order chi connectivity index (χ1) is 9.49. The molecule has 110 valence electrons. The lowest BCUT2D eigenvalue weighted by Gasteiger charge is -2.20. The summed E-state index contributed by atoms with van der Waals surface area (Å²) < 4.78 is 4.68. The lowest BCUT2D eigenvalue weighted by atomic mass is 10.2. The van der Waals surface area contributed by atoms with E-state index in [2.05, 4.69) is 15.0 Å². The van der Waals surface area contributed by atoms with Gasteiger partial charge in [0.05, 0.1) is 25.5 Å². The number of anilines is 1. The Morgan fingerprint density at radius 3 is 3.00 bits per heavy atom. The number of ether oxygens (including phenoxy) is 1. The van der Waals surface area contributed by atoms with Crippen LogP contribution >= 0.6 is 11.3 Å². The van der Waals surface area contributed by atoms with Gasteiger partial charge in [-0.15, -0.1) is 11.3 Å². The number of hydrogen-bond donors (Lipinski definition) is 2. The van der Waals surface area contributed by atoms with E-state index in [9.17, 15) is 14.7 Å². The topological polar surface area (TPSA) is 91.8 Å². The Morgan fingerprint density at radius 2 is 2.40 bits per heavy atom. The third kappa shape index (κ3) is 3.53. The summed E-state index contributed by atoms with van der Waals surface area (Å²) >= 11 is 1.35. The predicted octanol–water partition coefficient (Wildman–Crippen LogP) is -0.00178. The molecule has 1 aromatic rings. The molecule has 1 amide bonds. The minimum atomic E-state index is -0.617. The fourth-order valence-electron chi connectivity index (χ4n) is 2.19. The van der Waals surface area contributed by atoms with Crippen LogP contribution in [-0.4, -0.2) is 59.2 Å². The van der Waals surface area contributed by atoms with Gasteiger partial charge in [-0.25, -0.2) is 4.98 Å². The van der Waals surface area contributed by atoms with Crippen molar-refractivity contribution in [2.45, 2.75) is 25.5 Å². The number of thiazole rings is 1. The standard InChI is InChI=1S/C12H17N3O4S/c1-7-6-20-12(13-7)14-10(17)5-15-4-8(16)3-9(15)11(18)19-2/h6,8-9,16H,3-5H2,1-2H3,(H,13,14,17). The van der Waals surface area contributed by atoms with E-state index in [1.165, 1.54) is 18.4 Å². The van der Waals surface area contributed by atoms with Crippen LogP contribution in [0.3, 0.4) is 0 Å². The number of nitrogens with zero attached hydrogens (tertiary/aromatic N) is 2. The van der Waals surface area contributed by atoms with Crippen molar-refractivity contribution in [2.24, 2.45) is 0 Å². The van der Waals surface area contributed by atoms with Crippen molar-refractivity contribution in [3.05, 3.63) is 11.1 Å². The summed E-state index contributed by atoms with van der Waals surface area (Å²) in [5.74, 6) is -0.693. The first kappa shape index (κ1) is 14.9. The summed E-state index contributed by atoms with van der Waals surface area (Å²) in [6.07, 6.45) is -0.329. The highest BCUT2D eigenvalue weighted by atomic mass is 32.1. The molecule has 1 saturated heterocycles. The summed E-state index contributed by atoms with van der Waals surface area (Å²) in [6.45, 7) is 2.15. The quantitative estimate of drug-likeness (QED) is 0.760. The number of carbonyl (C=O) groups is 2. The Hall–Kier alpha value is -1.51. The lowest BCUT2D eigenvalue weighted by Crippen LogP contribution is -2.41. The number of aliphatic hydroxyl groups excluding tert-OH is 1. The first-order valence-corrected chi connectivity index (χ1v) is 7.09. The van der Waals surface area contributed by atoms with Crippen LogP contribution in [0.5, 0.6) is 0 Å². The van der Waals surface area contributed by atoms with Gasteiger partial charge >= 0.3 is 5.97 Å². The van der Waals surface area contributed by atoms with E-state index in [0.717, 1.165) is 5.69 Å². The maximum absolute atomic E-state index is 11.9. The molecule has 0 aliphatic carbocycles. The lowest BCUT2D eigenvalue weighted by molar-refractivity contribution is -0.146. The first-order valence-electron chi connectivity index (χ1n) is 6.21. The van der Waals surface area contributed by atoms with Crippen molar-refractivity contribution < 1.29 is 19.4 Å². The van der Waals surface area contributed by atoms with Crippen LogP contribution in [0.4, 0.5) is 5.13 Å². The molecule has 2 atom stereocenters. The van der Waals surface area contributed by atoms with Gasteiger partial charge in [0.15, 0.2) is 5.13 Å². The van der Waals surface area contributed by atoms with Crippen LogP contribution < -0.4 is 5.32 Å². The third-order valence-corrected chi connectivity index (χ3v) is 3.94. The van der Waals surface area contributed by atoms with Crippen LogP contribution in [-0.2, 0) is 14.3 Å². The molecule has 0 radical (unpaired) electrons. The number of esters is 1. The van der Waals surface area contributed by atoms with Crippen LogP contribution in [0.15, 0.2) is 5.38 Å². The van der Waals surface area contributed by atoms with Crippen LogP contribution in [0.2, 0.25) is 0 Å². The summed E-state index contributed by atoms with van der Waals surface area (Å²) in [4.78, 5) is 29.3. The zero-order valence-corrected chi connectivity index (χ0v) is 12.1. The number of aromatic nitrogens is 1. The summed E-state index contributed by atoms with van der Waals surface area (Å²) in [5.41, 5.74) is 0.842. The number of nitrogens with one attached hydrogen (secondary N) is 1. The highest BCUT2D eigenvalue weighted by molar-refractivity contribution is 7.13. The van der Waals surface area contributed by atoms with E-state index in [1.807, 2.05) is 12.3 Å². The van der Waals surface area contributed by atoms with Crippen molar-refractivity contribution in [3.8, 4) is 0 Å². The summed E-state index contributed by atoms with van der Waals surface area (Å²) in [5, 5.41) is 14.7. The molecule has 1 aliphatic heterocycles. The maximum atomic E-state index is 11.9. The van der Waals surface area contributed by atoms with Gasteiger partial charge in [0.25, 0.3) is 0 Å².